The van der Waals surface area contributed by atoms with E-state index in [1.54, 1.807) is 0 Å². The van der Waals surface area contributed by atoms with Crippen LogP contribution < -0.4 is 0 Å². The van der Waals surface area contributed by atoms with Gasteiger partial charge in [-0.3, -0.25) is 9.42 Å². The third kappa shape index (κ3) is 20.2. The van der Waals surface area contributed by atoms with E-state index in [2.05, 4.69) is 11.4 Å². The lowest BCUT2D eigenvalue weighted by Gasteiger charge is -2.15. The van der Waals surface area contributed by atoms with Crippen molar-refractivity contribution in [3.05, 3.63) is 0 Å². The molecule has 0 saturated carbocycles. The zero-order chi connectivity index (χ0) is 18.8. The maximum atomic E-state index is 12.4. The Balaban J connectivity index is 3.28. The second-order valence-corrected chi connectivity index (χ2v) is 7.73. The minimum Gasteiger partial charge on any atom is -0.379 e. The molecule has 0 aromatic heterocycles. The molecule has 0 aromatic carbocycles. The van der Waals surface area contributed by atoms with Gasteiger partial charge in [0.15, 0.2) is 0 Å². The minimum atomic E-state index is -4.94. The van der Waals surface area contributed by atoms with Gasteiger partial charge in [-0.2, -0.15) is 0 Å². The van der Waals surface area contributed by atoms with Gasteiger partial charge in [-0.15, -0.1) is 4.20 Å². The molecule has 7 heteroatoms. The lowest BCUT2D eigenvalue weighted by Crippen LogP contribution is -2.23. The first-order chi connectivity index (χ1) is 12.0. The molecular formula is C18H38FO5P. The molecule has 0 heterocycles. The Kier molecular flexibility index (Phi) is 17.4. The molecule has 0 aliphatic rings. The number of methoxy groups -OCH3 is 1. The van der Waals surface area contributed by atoms with Gasteiger partial charge in [0.05, 0.1) is 13.2 Å². The van der Waals surface area contributed by atoms with E-state index in [9.17, 15) is 8.76 Å². The highest BCUT2D eigenvalue weighted by Gasteiger charge is 2.20. The molecule has 0 saturated heterocycles. The van der Waals surface area contributed by atoms with Gasteiger partial charge in [0.1, 0.15) is 6.10 Å². The zero-order valence-electron chi connectivity index (χ0n) is 16.1. The predicted octanol–water partition coefficient (Wildman–Crippen LogP) is 5.81. The van der Waals surface area contributed by atoms with E-state index in [-0.39, 0.29) is 13.2 Å². The van der Waals surface area contributed by atoms with Crippen LogP contribution in [0, 0.1) is 0 Å². The Labute approximate surface area is 153 Å². The van der Waals surface area contributed by atoms with Crippen molar-refractivity contribution in [2.45, 2.75) is 90.1 Å². The van der Waals surface area contributed by atoms with Crippen LogP contribution in [0.4, 0.5) is 4.20 Å². The number of hydrogen-bond donors (Lipinski definition) is 1. The van der Waals surface area contributed by atoms with Gasteiger partial charge in [0.2, 0.25) is 0 Å². The fourth-order valence-corrected chi connectivity index (χ4v) is 2.97. The number of unbranched alkanes of at least 4 members (excludes halogenated alkanes) is 11. The van der Waals surface area contributed by atoms with Crippen LogP contribution in [0.3, 0.4) is 0 Å². The summed E-state index contributed by atoms with van der Waals surface area (Å²) >= 11 is 0. The van der Waals surface area contributed by atoms with Crippen molar-refractivity contribution in [3.63, 3.8) is 0 Å². The predicted molar refractivity (Wildman–Crippen MR) is 99.6 cm³/mol. The van der Waals surface area contributed by atoms with Gasteiger partial charge in [0, 0.05) is 13.7 Å². The summed E-state index contributed by atoms with van der Waals surface area (Å²) in [5, 5.41) is 0. The third-order valence-electron chi connectivity index (χ3n) is 4.20. The average Bonchev–Trinajstić information content (AvgIpc) is 2.57. The van der Waals surface area contributed by atoms with Crippen LogP contribution in [-0.4, -0.2) is 37.9 Å². The van der Waals surface area contributed by atoms with Crippen molar-refractivity contribution in [2.24, 2.45) is 0 Å². The molecule has 1 N–H and O–H groups in total. The first-order valence-corrected chi connectivity index (χ1v) is 11.2. The summed E-state index contributed by atoms with van der Waals surface area (Å²) in [5.41, 5.74) is 0. The fraction of sp³-hybridized carbons (Fsp3) is 1.00. The molecule has 0 radical (unpaired) electrons. The number of hydrogen-bond acceptors (Lipinski definition) is 4. The molecule has 25 heavy (non-hydrogen) atoms. The molecular weight excluding hydrogens is 346 g/mol. The van der Waals surface area contributed by atoms with E-state index in [1.165, 1.54) is 71.3 Å². The third-order valence-corrected chi connectivity index (χ3v) is 4.67. The van der Waals surface area contributed by atoms with Crippen molar-refractivity contribution in [3.8, 4) is 0 Å². The summed E-state index contributed by atoms with van der Waals surface area (Å²) in [6.45, 7) is 2.80. The second kappa shape index (κ2) is 17.4. The van der Waals surface area contributed by atoms with Crippen LogP contribution in [0.1, 0.15) is 84.0 Å². The number of halogens is 1. The summed E-state index contributed by atoms with van der Waals surface area (Å²) < 4.78 is 37.4. The van der Waals surface area contributed by atoms with Gasteiger partial charge in [-0.25, -0.2) is 4.57 Å². The van der Waals surface area contributed by atoms with E-state index >= 15 is 0 Å². The topological polar surface area (TPSA) is 65.0 Å². The molecule has 5 nitrogen and oxygen atoms in total. The number of rotatable bonds is 19. The highest BCUT2D eigenvalue weighted by Crippen LogP contribution is 2.43. The summed E-state index contributed by atoms with van der Waals surface area (Å²) in [6, 6.07) is 0. The highest BCUT2D eigenvalue weighted by molar-refractivity contribution is 7.46. The van der Waals surface area contributed by atoms with E-state index in [0.717, 1.165) is 12.8 Å². The second-order valence-electron chi connectivity index (χ2n) is 6.57. The summed E-state index contributed by atoms with van der Waals surface area (Å²) in [6.07, 6.45) is 15.0. The summed E-state index contributed by atoms with van der Waals surface area (Å²) in [4.78, 5) is 8.43. The Hall–Kier alpha value is -0.0000000000000000486. The quantitative estimate of drug-likeness (QED) is 0.225. The van der Waals surface area contributed by atoms with Crippen LogP contribution >= 0.6 is 7.91 Å². The molecule has 0 aromatic rings. The van der Waals surface area contributed by atoms with Crippen LogP contribution in [0.5, 0.6) is 0 Å². The first-order valence-electron chi connectivity index (χ1n) is 9.77. The van der Waals surface area contributed by atoms with Crippen molar-refractivity contribution in [1.29, 1.82) is 0 Å². The van der Waals surface area contributed by atoms with E-state index in [0.29, 0.717) is 6.61 Å². The van der Waals surface area contributed by atoms with Crippen LogP contribution in [0.15, 0.2) is 0 Å². The molecule has 0 spiro atoms. The molecule has 0 aliphatic carbocycles. The largest absolute Gasteiger partial charge is 0.510 e. The van der Waals surface area contributed by atoms with Crippen molar-refractivity contribution in [2.75, 3.05) is 26.9 Å². The smallest absolute Gasteiger partial charge is 0.379 e. The van der Waals surface area contributed by atoms with Gasteiger partial charge in [-0.05, 0) is 6.42 Å². The molecule has 0 rings (SSSR count). The summed E-state index contributed by atoms with van der Waals surface area (Å²) in [7, 11) is -3.51. The summed E-state index contributed by atoms with van der Waals surface area (Å²) in [5.74, 6) is 0. The Bertz CT molecular complexity index is 325. The molecule has 2 unspecified atom stereocenters. The van der Waals surface area contributed by atoms with Crippen molar-refractivity contribution in [1.82, 2.24) is 0 Å². The van der Waals surface area contributed by atoms with E-state index < -0.39 is 14.0 Å². The Morgan fingerprint density at radius 2 is 1.36 bits per heavy atom. The molecule has 0 fully saturated rings. The Morgan fingerprint density at radius 1 is 0.880 bits per heavy atom. The standard InChI is InChI=1S/C18H38FO5P/c1-3-4-5-6-7-8-9-10-11-12-13-14-15-23-16-18(22-2)17-24-25(19,20)21/h18H,3-17H2,1-2H3,(H,20,21). The molecule has 0 bridgehead atoms. The minimum absolute atomic E-state index is 0.231. The monoisotopic (exact) mass is 384 g/mol. The van der Waals surface area contributed by atoms with Crippen LogP contribution in [-0.2, 0) is 18.6 Å². The molecule has 2 atom stereocenters. The van der Waals surface area contributed by atoms with Crippen molar-refractivity contribution >= 4 is 7.91 Å². The lowest BCUT2D eigenvalue weighted by atomic mass is 10.1. The van der Waals surface area contributed by atoms with Crippen molar-refractivity contribution < 1.29 is 27.7 Å². The molecule has 0 amide bonds. The fourth-order valence-electron chi connectivity index (χ4n) is 2.62. The van der Waals surface area contributed by atoms with Gasteiger partial charge < -0.3 is 9.47 Å². The maximum absolute atomic E-state index is 12.4. The first kappa shape index (κ1) is 25.0. The molecule has 152 valence electrons. The van der Waals surface area contributed by atoms with Crippen LogP contribution in [0.25, 0.3) is 0 Å². The van der Waals surface area contributed by atoms with Gasteiger partial charge >= 0.3 is 7.91 Å². The Morgan fingerprint density at radius 3 is 1.80 bits per heavy atom. The van der Waals surface area contributed by atoms with E-state index in [4.69, 9.17) is 14.4 Å². The number of ether oxygens (including phenoxy) is 2. The maximum Gasteiger partial charge on any atom is 0.510 e. The van der Waals surface area contributed by atoms with Gasteiger partial charge in [0.25, 0.3) is 0 Å². The average molecular weight is 384 g/mol. The highest BCUT2D eigenvalue weighted by atomic mass is 31.2. The normalized spacial score (nSPS) is 15.2. The van der Waals surface area contributed by atoms with Crippen LogP contribution in [0.2, 0.25) is 0 Å². The zero-order valence-corrected chi connectivity index (χ0v) is 17.0. The van der Waals surface area contributed by atoms with E-state index in [1.807, 2.05) is 0 Å². The van der Waals surface area contributed by atoms with Gasteiger partial charge in [-0.1, -0.05) is 77.6 Å². The lowest BCUT2D eigenvalue weighted by molar-refractivity contribution is -0.0186. The SMILES string of the molecule is CCCCCCCCCCCCCCOCC(COP(=O)(O)F)OC. The molecule has 0 aliphatic heterocycles.